The van der Waals surface area contributed by atoms with Gasteiger partial charge in [-0.1, -0.05) is 12.8 Å². The van der Waals surface area contributed by atoms with E-state index in [1.807, 2.05) is 31.0 Å². The molecule has 6 heteroatoms. The van der Waals surface area contributed by atoms with Crippen LogP contribution in [-0.2, 0) is 18.3 Å². The highest BCUT2D eigenvalue weighted by molar-refractivity contribution is 5.80. The van der Waals surface area contributed by atoms with Crippen LogP contribution >= 0.6 is 0 Å². The second-order valence-corrected chi connectivity index (χ2v) is 7.18. The van der Waals surface area contributed by atoms with Gasteiger partial charge in [-0.15, -0.1) is 0 Å². The van der Waals surface area contributed by atoms with Crippen LogP contribution in [0.5, 0.6) is 0 Å². The zero-order valence-electron chi connectivity index (χ0n) is 14.1. The standard InChI is InChI=1S/C17H27N5O/c1-18-16(19-11-12-5-9-20-22(12)2)21-14-13-6-10-23-15(13)17(14)7-3-4-8-17/h5,9,13-15H,3-4,6-8,10-11H2,1-2H3,(H2,18,19,21). The minimum absolute atomic E-state index is 0.352. The van der Waals surface area contributed by atoms with Gasteiger partial charge in [0.2, 0.25) is 0 Å². The van der Waals surface area contributed by atoms with Gasteiger partial charge in [0.05, 0.1) is 18.3 Å². The van der Waals surface area contributed by atoms with Crippen molar-refractivity contribution in [1.82, 2.24) is 20.4 Å². The fourth-order valence-corrected chi connectivity index (χ4v) is 5.00. The van der Waals surface area contributed by atoms with Gasteiger partial charge >= 0.3 is 0 Å². The summed E-state index contributed by atoms with van der Waals surface area (Å²) >= 11 is 0. The van der Waals surface area contributed by atoms with E-state index in [9.17, 15) is 0 Å². The second-order valence-electron chi connectivity index (χ2n) is 7.18. The first-order valence-corrected chi connectivity index (χ1v) is 8.80. The van der Waals surface area contributed by atoms with Gasteiger partial charge in [0.25, 0.3) is 0 Å². The predicted octanol–water partition coefficient (Wildman–Crippen LogP) is 1.43. The number of guanidine groups is 1. The molecule has 2 saturated carbocycles. The maximum Gasteiger partial charge on any atom is 0.191 e. The number of hydrogen-bond donors (Lipinski definition) is 2. The Morgan fingerprint density at radius 2 is 2.30 bits per heavy atom. The topological polar surface area (TPSA) is 63.5 Å². The van der Waals surface area contributed by atoms with Crippen molar-refractivity contribution in [2.75, 3.05) is 13.7 Å². The SMILES string of the molecule is CN=C(NCc1ccnn1C)NC1C2CCOC2C12CCCC2. The average Bonchev–Trinajstić information content (AvgIpc) is 3.27. The van der Waals surface area contributed by atoms with Crippen molar-refractivity contribution in [3.8, 4) is 0 Å². The first-order chi connectivity index (χ1) is 11.2. The van der Waals surface area contributed by atoms with Gasteiger partial charge in [-0.25, -0.2) is 0 Å². The summed E-state index contributed by atoms with van der Waals surface area (Å²) < 4.78 is 7.95. The van der Waals surface area contributed by atoms with Crippen LogP contribution in [0.4, 0.5) is 0 Å². The molecule has 0 aromatic carbocycles. The van der Waals surface area contributed by atoms with Crippen molar-refractivity contribution in [2.24, 2.45) is 23.4 Å². The second kappa shape index (κ2) is 5.82. The van der Waals surface area contributed by atoms with E-state index in [4.69, 9.17) is 4.74 Å². The molecule has 0 amide bonds. The van der Waals surface area contributed by atoms with E-state index >= 15 is 0 Å². The lowest BCUT2D eigenvalue weighted by Gasteiger charge is -2.57. The zero-order valence-corrected chi connectivity index (χ0v) is 14.1. The Hall–Kier alpha value is -1.56. The zero-order chi connectivity index (χ0) is 15.9. The molecule has 1 saturated heterocycles. The number of hydrogen-bond acceptors (Lipinski definition) is 3. The van der Waals surface area contributed by atoms with E-state index < -0.39 is 0 Å². The molecule has 2 N–H and O–H groups in total. The summed E-state index contributed by atoms with van der Waals surface area (Å²) in [6, 6.07) is 2.54. The minimum atomic E-state index is 0.352. The van der Waals surface area contributed by atoms with Gasteiger partial charge in [0, 0.05) is 44.3 Å². The molecule has 1 aromatic rings. The number of aryl methyl sites for hydroxylation is 1. The summed E-state index contributed by atoms with van der Waals surface area (Å²) in [7, 11) is 3.81. The van der Waals surface area contributed by atoms with Crippen molar-refractivity contribution in [3.05, 3.63) is 18.0 Å². The number of fused-ring (bicyclic) bond motifs is 2. The van der Waals surface area contributed by atoms with E-state index in [0.29, 0.717) is 23.5 Å². The lowest BCUT2D eigenvalue weighted by Crippen LogP contribution is -2.69. The van der Waals surface area contributed by atoms with Crippen LogP contribution < -0.4 is 10.6 Å². The van der Waals surface area contributed by atoms with Crippen LogP contribution in [0.25, 0.3) is 0 Å². The fourth-order valence-electron chi connectivity index (χ4n) is 5.00. The average molecular weight is 317 g/mol. The molecule has 3 aliphatic rings. The number of nitrogens with zero attached hydrogens (tertiary/aromatic N) is 3. The Morgan fingerprint density at radius 1 is 1.48 bits per heavy atom. The molecule has 23 heavy (non-hydrogen) atoms. The minimum Gasteiger partial charge on any atom is -0.377 e. The first-order valence-electron chi connectivity index (χ1n) is 8.80. The van der Waals surface area contributed by atoms with Gasteiger partial charge in [0.15, 0.2) is 5.96 Å². The van der Waals surface area contributed by atoms with Crippen molar-refractivity contribution >= 4 is 5.96 Å². The van der Waals surface area contributed by atoms with Crippen LogP contribution in [-0.4, -0.2) is 41.5 Å². The van der Waals surface area contributed by atoms with Crippen molar-refractivity contribution < 1.29 is 4.74 Å². The fraction of sp³-hybridized carbons (Fsp3) is 0.765. The summed E-state index contributed by atoms with van der Waals surface area (Å²) in [6.07, 6.45) is 8.76. The Morgan fingerprint density at radius 3 is 3.00 bits per heavy atom. The van der Waals surface area contributed by atoms with Crippen molar-refractivity contribution in [3.63, 3.8) is 0 Å². The number of rotatable bonds is 3. The maximum atomic E-state index is 6.06. The Labute approximate surface area is 137 Å². The molecule has 0 bridgehead atoms. The number of aromatic nitrogens is 2. The maximum absolute atomic E-state index is 6.06. The van der Waals surface area contributed by atoms with E-state index in [1.165, 1.54) is 32.1 Å². The van der Waals surface area contributed by atoms with E-state index in [2.05, 4.69) is 20.7 Å². The largest absolute Gasteiger partial charge is 0.377 e. The molecule has 3 atom stereocenters. The molecular weight excluding hydrogens is 290 g/mol. The summed E-state index contributed by atoms with van der Waals surface area (Å²) in [4.78, 5) is 4.43. The monoisotopic (exact) mass is 317 g/mol. The number of ether oxygens (including phenoxy) is 1. The molecule has 6 nitrogen and oxygen atoms in total. The van der Waals surface area contributed by atoms with Gasteiger partial charge in [0.1, 0.15) is 0 Å². The molecular formula is C17H27N5O. The van der Waals surface area contributed by atoms with Gasteiger partial charge in [-0.3, -0.25) is 9.67 Å². The van der Waals surface area contributed by atoms with Crippen LogP contribution in [0, 0.1) is 11.3 Å². The van der Waals surface area contributed by atoms with Crippen LogP contribution in [0.15, 0.2) is 17.3 Å². The highest BCUT2D eigenvalue weighted by Gasteiger charge is 2.65. The Balaban J connectivity index is 1.42. The van der Waals surface area contributed by atoms with Crippen LogP contribution in [0.3, 0.4) is 0 Å². The number of aliphatic imine (C=N–C) groups is 1. The highest BCUT2D eigenvalue weighted by atomic mass is 16.5. The summed E-state index contributed by atoms with van der Waals surface area (Å²) in [5, 5.41) is 11.4. The lowest BCUT2D eigenvalue weighted by molar-refractivity contribution is -0.125. The molecule has 2 aliphatic carbocycles. The third-order valence-corrected chi connectivity index (χ3v) is 6.16. The van der Waals surface area contributed by atoms with Gasteiger partial charge in [-0.2, -0.15) is 5.10 Å². The van der Waals surface area contributed by atoms with E-state index in [1.54, 1.807) is 0 Å². The molecule has 4 rings (SSSR count). The Bertz CT molecular complexity index is 590. The normalized spacial score (nSPS) is 31.9. The molecule has 1 spiro atoms. The summed E-state index contributed by atoms with van der Waals surface area (Å²) in [5.74, 6) is 1.55. The third-order valence-electron chi connectivity index (χ3n) is 6.16. The molecule has 126 valence electrons. The van der Waals surface area contributed by atoms with E-state index in [-0.39, 0.29) is 0 Å². The molecule has 3 unspecified atom stereocenters. The van der Waals surface area contributed by atoms with E-state index in [0.717, 1.165) is 24.8 Å². The molecule has 3 fully saturated rings. The molecule has 1 aliphatic heterocycles. The lowest BCUT2D eigenvalue weighted by atomic mass is 9.54. The molecule has 2 heterocycles. The van der Waals surface area contributed by atoms with Crippen LogP contribution in [0.2, 0.25) is 0 Å². The first kappa shape index (κ1) is 15.0. The van der Waals surface area contributed by atoms with Crippen molar-refractivity contribution in [2.45, 2.75) is 50.8 Å². The summed E-state index contributed by atoms with van der Waals surface area (Å²) in [5.41, 5.74) is 1.50. The van der Waals surface area contributed by atoms with Crippen LogP contribution in [0.1, 0.15) is 37.8 Å². The van der Waals surface area contributed by atoms with Gasteiger partial charge in [-0.05, 0) is 25.3 Å². The number of nitrogens with one attached hydrogen (secondary N) is 2. The Kier molecular flexibility index (Phi) is 3.79. The van der Waals surface area contributed by atoms with Gasteiger partial charge < -0.3 is 15.4 Å². The molecule has 1 aromatic heterocycles. The highest BCUT2D eigenvalue weighted by Crippen LogP contribution is 2.60. The predicted molar refractivity (Wildman–Crippen MR) is 89.1 cm³/mol. The third kappa shape index (κ3) is 2.35. The quantitative estimate of drug-likeness (QED) is 0.654. The smallest absolute Gasteiger partial charge is 0.191 e. The molecule has 0 radical (unpaired) electrons. The summed E-state index contributed by atoms with van der Waals surface area (Å²) in [6.45, 7) is 1.66. The van der Waals surface area contributed by atoms with Crippen molar-refractivity contribution in [1.29, 1.82) is 0 Å².